The molecule has 0 aliphatic rings. The van der Waals surface area contributed by atoms with Crippen molar-refractivity contribution >= 4 is 44.9 Å². The third kappa shape index (κ3) is 4.54. The molecule has 0 saturated carbocycles. The van der Waals surface area contributed by atoms with Gasteiger partial charge in [-0.2, -0.15) is 5.10 Å². The number of carbonyl (C=O) groups excluding carboxylic acids is 1. The molecule has 10 heteroatoms. The van der Waals surface area contributed by atoms with Crippen molar-refractivity contribution in [3.63, 3.8) is 0 Å². The molecule has 3 N–H and O–H groups in total. The maximum atomic E-state index is 15.2. The molecule has 6 aromatic rings. The second kappa shape index (κ2) is 9.14. The molecule has 1 aromatic carbocycles. The first-order valence-electron chi connectivity index (χ1n) is 12.1. The van der Waals surface area contributed by atoms with Gasteiger partial charge in [-0.05, 0) is 35.1 Å². The van der Waals surface area contributed by atoms with Gasteiger partial charge in [0.2, 0.25) is 5.91 Å². The van der Waals surface area contributed by atoms with Crippen LogP contribution in [0.15, 0.2) is 60.4 Å². The van der Waals surface area contributed by atoms with Crippen LogP contribution < -0.4 is 5.32 Å². The average Bonchev–Trinajstić information content (AvgIpc) is 3.61. The fourth-order valence-electron chi connectivity index (χ4n) is 4.42. The summed E-state index contributed by atoms with van der Waals surface area (Å²) in [4.78, 5) is 30.4. The van der Waals surface area contributed by atoms with E-state index >= 15 is 4.39 Å². The number of hydrogen-bond acceptors (Lipinski definition) is 6. The van der Waals surface area contributed by atoms with Crippen molar-refractivity contribution in [1.29, 1.82) is 0 Å². The predicted molar refractivity (Wildman–Crippen MR) is 148 cm³/mol. The lowest BCUT2D eigenvalue weighted by atomic mass is 9.92. The molecule has 5 aromatic heterocycles. The number of amides is 1. The molecule has 0 saturated heterocycles. The zero-order valence-corrected chi connectivity index (χ0v) is 21.8. The Labute approximate surface area is 221 Å². The maximum absolute atomic E-state index is 15.2. The van der Waals surface area contributed by atoms with Gasteiger partial charge in [-0.1, -0.05) is 26.8 Å². The van der Waals surface area contributed by atoms with Crippen LogP contribution in [0.2, 0.25) is 0 Å². The van der Waals surface area contributed by atoms with Gasteiger partial charge in [0.15, 0.2) is 5.82 Å². The zero-order valence-electron chi connectivity index (χ0n) is 21.0. The van der Waals surface area contributed by atoms with E-state index in [2.05, 4.69) is 30.5 Å². The van der Waals surface area contributed by atoms with Gasteiger partial charge in [-0.15, -0.1) is 11.3 Å². The van der Waals surface area contributed by atoms with E-state index in [1.165, 1.54) is 6.07 Å². The minimum absolute atomic E-state index is 0.120. The molecular weight excluding hydrogens is 501 g/mol. The first-order valence-corrected chi connectivity index (χ1v) is 12.9. The van der Waals surface area contributed by atoms with Gasteiger partial charge in [0.1, 0.15) is 22.7 Å². The summed E-state index contributed by atoms with van der Waals surface area (Å²) in [6.07, 6.45) is 5.23. The van der Waals surface area contributed by atoms with Crippen molar-refractivity contribution in [2.24, 2.45) is 5.41 Å². The van der Waals surface area contributed by atoms with Gasteiger partial charge in [-0.3, -0.25) is 19.9 Å². The summed E-state index contributed by atoms with van der Waals surface area (Å²) in [5.41, 5.74) is 4.72. The molecule has 5 heterocycles. The van der Waals surface area contributed by atoms with E-state index in [9.17, 15) is 4.79 Å². The normalized spacial score (nSPS) is 11.9. The van der Waals surface area contributed by atoms with E-state index in [1.54, 1.807) is 42.1 Å². The highest BCUT2D eigenvalue weighted by Gasteiger charge is 2.19. The van der Waals surface area contributed by atoms with E-state index in [4.69, 9.17) is 4.98 Å². The van der Waals surface area contributed by atoms with E-state index < -0.39 is 5.82 Å². The summed E-state index contributed by atoms with van der Waals surface area (Å²) in [6.45, 7) is 5.99. The molecular formula is C28H24FN7OS. The molecule has 0 spiro atoms. The van der Waals surface area contributed by atoms with Gasteiger partial charge >= 0.3 is 0 Å². The van der Waals surface area contributed by atoms with Gasteiger partial charge in [0, 0.05) is 41.4 Å². The quantitative estimate of drug-likeness (QED) is 0.229. The van der Waals surface area contributed by atoms with E-state index in [1.807, 2.05) is 44.4 Å². The minimum Gasteiger partial charge on any atom is -0.336 e. The number of rotatable bonds is 5. The number of benzene rings is 1. The van der Waals surface area contributed by atoms with Crippen LogP contribution in [0.4, 0.5) is 10.1 Å². The number of hydrogen-bond donors (Lipinski definition) is 3. The first kappa shape index (κ1) is 23.9. The number of thiophene rings is 1. The first-order chi connectivity index (χ1) is 18.2. The Bertz CT molecular complexity index is 1800. The highest BCUT2D eigenvalue weighted by molar-refractivity contribution is 7.13. The number of imidazole rings is 1. The Morgan fingerprint density at radius 3 is 2.76 bits per heavy atom. The second-order valence-corrected chi connectivity index (χ2v) is 11.3. The third-order valence-electron chi connectivity index (χ3n) is 6.05. The fraction of sp³-hybridized carbons (Fsp3) is 0.179. The smallest absolute Gasteiger partial charge is 0.224 e. The Morgan fingerprint density at radius 1 is 1.11 bits per heavy atom. The largest absolute Gasteiger partial charge is 0.336 e. The standard InChI is InChI=1S/C28H24FN7OS/c1-28(2,3)12-23(37)32-16-9-15(13-30-14-16)17-10-18-21(11-19(17)29)35-36-24(18)27-33-20-6-7-31-26(25(20)34-27)22-5-4-8-38-22/h4-11,13-14H,12H2,1-3H3,(H,32,37)(H,33,34)(H,35,36). The summed E-state index contributed by atoms with van der Waals surface area (Å²) in [6, 6.07) is 10.7. The Kier molecular flexibility index (Phi) is 5.76. The number of anilines is 1. The molecule has 8 nitrogen and oxygen atoms in total. The lowest BCUT2D eigenvalue weighted by molar-refractivity contribution is -0.117. The van der Waals surface area contributed by atoms with Gasteiger partial charge < -0.3 is 10.3 Å². The lowest BCUT2D eigenvalue weighted by Gasteiger charge is -2.17. The molecule has 1 amide bonds. The number of aromatic nitrogens is 6. The highest BCUT2D eigenvalue weighted by Crippen LogP contribution is 2.35. The van der Waals surface area contributed by atoms with E-state index in [0.29, 0.717) is 45.7 Å². The summed E-state index contributed by atoms with van der Waals surface area (Å²) in [5, 5.41) is 12.9. The summed E-state index contributed by atoms with van der Waals surface area (Å²) >= 11 is 1.60. The molecule has 6 rings (SSSR count). The van der Waals surface area contributed by atoms with Crippen LogP contribution in [0, 0.1) is 11.2 Å². The number of fused-ring (bicyclic) bond motifs is 2. The van der Waals surface area contributed by atoms with Crippen LogP contribution in [0.3, 0.4) is 0 Å². The molecule has 0 bridgehead atoms. The number of nitrogens with one attached hydrogen (secondary N) is 3. The van der Waals surface area contributed by atoms with Crippen LogP contribution in [0.1, 0.15) is 27.2 Å². The molecule has 38 heavy (non-hydrogen) atoms. The SMILES string of the molecule is CC(C)(C)CC(=O)Nc1cncc(-c2cc3c(-c4nc5c(-c6cccs6)nccc5[nH]4)n[nH]c3cc2F)c1. The molecule has 190 valence electrons. The number of H-pyrrole nitrogens is 2. The third-order valence-corrected chi connectivity index (χ3v) is 6.93. The maximum Gasteiger partial charge on any atom is 0.224 e. The van der Waals surface area contributed by atoms with Crippen LogP contribution in [-0.2, 0) is 4.79 Å². The minimum atomic E-state index is -0.429. The van der Waals surface area contributed by atoms with Crippen LogP contribution >= 0.6 is 11.3 Å². The average molecular weight is 526 g/mol. The van der Waals surface area contributed by atoms with Crippen LogP contribution in [-0.4, -0.2) is 36.0 Å². The molecule has 0 aliphatic carbocycles. The van der Waals surface area contributed by atoms with Crippen molar-refractivity contribution in [1.82, 2.24) is 30.1 Å². The van der Waals surface area contributed by atoms with Gasteiger partial charge in [0.05, 0.1) is 27.8 Å². The topological polar surface area (TPSA) is 112 Å². The van der Waals surface area contributed by atoms with E-state index in [0.717, 1.165) is 21.6 Å². The number of carbonyl (C=O) groups is 1. The summed E-state index contributed by atoms with van der Waals surface area (Å²) in [5.74, 6) is 0.00294. The Balaban J connectivity index is 1.39. The number of halogens is 1. The number of aromatic amines is 2. The van der Waals surface area contributed by atoms with Crippen LogP contribution in [0.25, 0.3) is 55.2 Å². The Morgan fingerprint density at radius 2 is 1.97 bits per heavy atom. The van der Waals surface area contributed by atoms with Gasteiger partial charge in [-0.25, -0.2) is 9.37 Å². The Hall–Kier alpha value is -4.44. The molecule has 0 unspecified atom stereocenters. The fourth-order valence-corrected chi connectivity index (χ4v) is 5.15. The van der Waals surface area contributed by atoms with Crippen molar-refractivity contribution in [2.45, 2.75) is 27.2 Å². The van der Waals surface area contributed by atoms with Crippen molar-refractivity contribution in [3.8, 4) is 33.2 Å². The van der Waals surface area contributed by atoms with Crippen LogP contribution in [0.5, 0.6) is 0 Å². The van der Waals surface area contributed by atoms with Crippen molar-refractivity contribution in [2.75, 3.05) is 5.32 Å². The molecule has 0 fully saturated rings. The van der Waals surface area contributed by atoms with Gasteiger partial charge in [0.25, 0.3) is 0 Å². The van der Waals surface area contributed by atoms with E-state index in [-0.39, 0.29) is 11.3 Å². The zero-order chi connectivity index (χ0) is 26.4. The molecule has 0 atom stereocenters. The highest BCUT2D eigenvalue weighted by atomic mass is 32.1. The molecule has 0 aliphatic heterocycles. The summed E-state index contributed by atoms with van der Waals surface area (Å²) in [7, 11) is 0. The monoisotopic (exact) mass is 525 g/mol. The second-order valence-electron chi connectivity index (χ2n) is 10.3. The number of nitrogens with zero attached hydrogens (tertiary/aromatic N) is 4. The van der Waals surface area contributed by atoms with Crippen molar-refractivity contribution in [3.05, 3.63) is 66.2 Å². The summed E-state index contributed by atoms with van der Waals surface area (Å²) < 4.78 is 15.2. The van der Waals surface area contributed by atoms with Crippen molar-refractivity contribution < 1.29 is 9.18 Å². The number of pyridine rings is 2. The lowest BCUT2D eigenvalue weighted by Crippen LogP contribution is -2.19. The molecule has 0 radical (unpaired) electrons. The predicted octanol–water partition coefficient (Wildman–Crippen LogP) is 6.81.